The number of nitrogens with zero attached hydrogens (tertiary/aromatic N) is 3. The average Bonchev–Trinajstić information content (AvgIpc) is 3.13. The molecule has 0 unspecified atom stereocenters. The van der Waals surface area contributed by atoms with Gasteiger partial charge in [-0.3, -0.25) is 9.48 Å². The van der Waals surface area contributed by atoms with Crippen LogP contribution in [0.2, 0.25) is 0 Å². The van der Waals surface area contributed by atoms with Gasteiger partial charge in [0.15, 0.2) is 0 Å². The van der Waals surface area contributed by atoms with E-state index in [1.54, 1.807) is 0 Å². The fraction of sp³-hybridized carbons (Fsp3) is 0.308. The average molecular weight is 431 g/mol. The minimum Gasteiger partial charge on any atom is -0.456 e. The van der Waals surface area contributed by atoms with Crippen molar-refractivity contribution < 1.29 is 9.53 Å². The van der Waals surface area contributed by atoms with Crippen LogP contribution in [-0.4, -0.2) is 47.8 Å². The van der Waals surface area contributed by atoms with Gasteiger partial charge < -0.3 is 15.0 Å². The summed E-state index contributed by atoms with van der Waals surface area (Å²) in [5, 5.41) is 10.7. The number of ether oxygens (including phenoxy) is 1. The van der Waals surface area contributed by atoms with Crippen molar-refractivity contribution in [2.45, 2.75) is 20.4 Å². The summed E-state index contributed by atoms with van der Waals surface area (Å²) in [6, 6.07) is 17.9. The van der Waals surface area contributed by atoms with Crippen molar-refractivity contribution in [2.75, 3.05) is 27.2 Å². The van der Waals surface area contributed by atoms with Crippen LogP contribution in [0, 0.1) is 5.92 Å². The Bertz CT molecular complexity index is 1240. The Hall–Kier alpha value is -3.38. The molecule has 32 heavy (non-hydrogen) atoms. The van der Waals surface area contributed by atoms with E-state index in [0.29, 0.717) is 29.5 Å². The third-order valence-electron chi connectivity index (χ3n) is 5.32. The highest BCUT2D eigenvalue weighted by molar-refractivity contribution is 6.01. The number of rotatable bonds is 8. The Balaban J connectivity index is 1.71. The van der Waals surface area contributed by atoms with Crippen molar-refractivity contribution in [3.63, 3.8) is 0 Å². The molecule has 1 amide bonds. The van der Waals surface area contributed by atoms with Crippen LogP contribution < -0.4 is 10.1 Å². The highest BCUT2D eigenvalue weighted by Gasteiger charge is 2.18. The van der Waals surface area contributed by atoms with Crippen molar-refractivity contribution in [3.8, 4) is 11.5 Å². The Kier molecular flexibility index (Phi) is 6.42. The van der Waals surface area contributed by atoms with Crippen LogP contribution in [-0.2, 0) is 6.54 Å². The molecule has 0 bridgehead atoms. The first-order chi connectivity index (χ1) is 15.4. The number of aromatic nitrogens is 2. The zero-order chi connectivity index (χ0) is 22.7. The van der Waals surface area contributed by atoms with E-state index in [0.717, 1.165) is 34.8 Å². The molecule has 166 valence electrons. The maximum Gasteiger partial charge on any atom is 0.255 e. The van der Waals surface area contributed by atoms with E-state index in [1.165, 1.54) is 0 Å². The molecule has 0 saturated heterocycles. The second-order valence-corrected chi connectivity index (χ2v) is 8.80. The fourth-order valence-electron chi connectivity index (χ4n) is 3.70. The second-order valence-electron chi connectivity index (χ2n) is 8.80. The number of hydrogen-bond acceptors (Lipinski definition) is 4. The zero-order valence-corrected chi connectivity index (χ0v) is 19.1. The number of carbonyl (C=O) groups excluding carboxylic acids is 1. The summed E-state index contributed by atoms with van der Waals surface area (Å²) in [7, 11) is 3.97. The van der Waals surface area contributed by atoms with E-state index in [1.807, 2.05) is 72.3 Å². The van der Waals surface area contributed by atoms with Crippen molar-refractivity contribution in [3.05, 3.63) is 66.4 Å². The van der Waals surface area contributed by atoms with Gasteiger partial charge in [-0.2, -0.15) is 5.10 Å². The Morgan fingerprint density at radius 3 is 2.59 bits per heavy atom. The van der Waals surface area contributed by atoms with Gasteiger partial charge in [-0.05, 0) is 55.1 Å². The number of nitrogens with one attached hydrogen (secondary N) is 1. The molecular weight excluding hydrogens is 400 g/mol. The quantitative estimate of drug-likeness (QED) is 0.431. The van der Waals surface area contributed by atoms with Gasteiger partial charge in [0.05, 0.1) is 17.3 Å². The molecule has 0 fully saturated rings. The highest BCUT2D eigenvalue weighted by atomic mass is 16.5. The van der Waals surface area contributed by atoms with E-state index >= 15 is 0 Å². The van der Waals surface area contributed by atoms with Gasteiger partial charge in [0.2, 0.25) is 0 Å². The first-order valence-electron chi connectivity index (χ1n) is 11.0. The van der Waals surface area contributed by atoms with Gasteiger partial charge in [0, 0.05) is 25.0 Å². The third-order valence-corrected chi connectivity index (χ3v) is 5.32. The predicted molar refractivity (Wildman–Crippen MR) is 129 cm³/mol. The maximum atomic E-state index is 13.1. The minimum absolute atomic E-state index is 0.151. The first kappa shape index (κ1) is 21.8. The molecule has 3 aromatic carbocycles. The van der Waals surface area contributed by atoms with E-state index in [-0.39, 0.29) is 5.91 Å². The molecule has 1 N–H and O–H groups in total. The molecule has 6 nitrogen and oxygen atoms in total. The Morgan fingerprint density at radius 1 is 1.06 bits per heavy atom. The van der Waals surface area contributed by atoms with Gasteiger partial charge in [-0.15, -0.1) is 0 Å². The largest absolute Gasteiger partial charge is 0.456 e. The lowest BCUT2D eigenvalue weighted by atomic mass is 10.1. The van der Waals surface area contributed by atoms with Crippen molar-refractivity contribution >= 4 is 27.6 Å². The lowest BCUT2D eigenvalue weighted by molar-refractivity contribution is 0.0949. The van der Waals surface area contributed by atoms with Crippen LogP contribution in [0.5, 0.6) is 11.5 Å². The number of hydrogen-bond donors (Lipinski definition) is 1. The SMILES string of the molecule is CC(C)Cn1ncc2cc(Oc3ccc4ccccc4c3)c(C(=O)NCCN(C)C)cc21. The van der Waals surface area contributed by atoms with Crippen LogP contribution in [0.3, 0.4) is 0 Å². The molecule has 6 heteroatoms. The molecule has 0 atom stereocenters. The standard InChI is InChI=1S/C26H30N4O2/c1-18(2)17-30-24-15-23(26(31)27-11-12-29(3)4)25(14-21(24)16-28-30)32-22-10-9-19-7-5-6-8-20(19)13-22/h5-10,13-16,18H,11-12,17H2,1-4H3,(H,27,31). The van der Waals surface area contributed by atoms with Crippen LogP contribution >= 0.6 is 0 Å². The van der Waals surface area contributed by atoms with Crippen LogP contribution in [0.15, 0.2) is 60.8 Å². The van der Waals surface area contributed by atoms with Gasteiger partial charge in [0.1, 0.15) is 11.5 Å². The van der Waals surface area contributed by atoms with Crippen molar-refractivity contribution in [1.29, 1.82) is 0 Å². The summed E-state index contributed by atoms with van der Waals surface area (Å²) < 4.78 is 8.21. The summed E-state index contributed by atoms with van der Waals surface area (Å²) in [4.78, 5) is 15.1. The number of fused-ring (bicyclic) bond motifs is 2. The predicted octanol–water partition coefficient (Wildman–Crippen LogP) is 4.93. The van der Waals surface area contributed by atoms with E-state index < -0.39 is 0 Å². The molecule has 1 heterocycles. The van der Waals surface area contributed by atoms with Crippen molar-refractivity contribution in [1.82, 2.24) is 20.0 Å². The molecule has 0 radical (unpaired) electrons. The Morgan fingerprint density at radius 2 is 1.84 bits per heavy atom. The van der Waals surface area contributed by atoms with Gasteiger partial charge >= 0.3 is 0 Å². The summed E-state index contributed by atoms with van der Waals surface area (Å²) >= 11 is 0. The van der Waals surface area contributed by atoms with Crippen molar-refractivity contribution in [2.24, 2.45) is 5.92 Å². The molecule has 4 aromatic rings. The van der Waals surface area contributed by atoms with Gasteiger partial charge in [0.25, 0.3) is 5.91 Å². The maximum absolute atomic E-state index is 13.1. The number of amides is 1. The first-order valence-corrected chi connectivity index (χ1v) is 11.0. The number of benzene rings is 3. The van der Waals surface area contributed by atoms with E-state index in [9.17, 15) is 4.79 Å². The lowest BCUT2D eigenvalue weighted by Crippen LogP contribution is -2.31. The summed E-state index contributed by atoms with van der Waals surface area (Å²) in [6.07, 6.45) is 1.83. The number of likely N-dealkylation sites (N-methyl/N-ethyl adjacent to an activating group) is 1. The normalized spacial score (nSPS) is 11.6. The smallest absolute Gasteiger partial charge is 0.255 e. The summed E-state index contributed by atoms with van der Waals surface area (Å²) in [6.45, 7) is 6.42. The fourth-order valence-corrected chi connectivity index (χ4v) is 3.70. The van der Waals surface area contributed by atoms with Crippen LogP contribution in [0.4, 0.5) is 0 Å². The molecule has 0 aliphatic rings. The Labute approximate surface area is 188 Å². The zero-order valence-electron chi connectivity index (χ0n) is 19.1. The molecule has 0 aliphatic heterocycles. The highest BCUT2D eigenvalue weighted by Crippen LogP contribution is 2.32. The van der Waals surface area contributed by atoms with E-state index in [2.05, 4.69) is 36.4 Å². The summed E-state index contributed by atoms with van der Waals surface area (Å²) in [5.74, 6) is 1.52. The van der Waals surface area contributed by atoms with E-state index in [4.69, 9.17) is 4.74 Å². The molecule has 0 saturated carbocycles. The van der Waals surface area contributed by atoms with Crippen LogP contribution in [0.25, 0.3) is 21.7 Å². The lowest BCUT2D eigenvalue weighted by Gasteiger charge is -2.15. The molecular formula is C26H30N4O2. The number of carbonyl (C=O) groups is 1. The molecule has 1 aromatic heterocycles. The minimum atomic E-state index is -0.151. The monoisotopic (exact) mass is 430 g/mol. The third kappa shape index (κ3) is 4.92. The topological polar surface area (TPSA) is 59.4 Å². The molecule has 0 spiro atoms. The molecule has 0 aliphatic carbocycles. The summed E-state index contributed by atoms with van der Waals surface area (Å²) in [5.41, 5.74) is 1.44. The second kappa shape index (κ2) is 9.40. The molecule has 4 rings (SSSR count). The van der Waals surface area contributed by atoms with Gasteiger partial charge in [-0.1, -0.05) is 44.2 Å². The van der Waals surface area contributed by atoms with Gasteiger partial charge in [-0.25, -0.2) is 0 Å². The van der Waals surface area contributed by atoms with Crippen LogP contribution in [0.1, 0.15) is 24.2 Å².